The van der Waals surface area contributed by atoms with Gasteiger partial charge in [0.25, 0.3) is 0 Å². The van der Waals surface area contributed by atoms with Crippen molar-refractivity contribution in [1.82, 2.24) is 9.97 Å². The van der Waals surface area contributed by atoms with Crippen molar-refractivity contribution < 1.29 is 13.1 Å². The number of rotatable bonds is 2. The molecule has 0 aliphatic rings. The molecule has 0 radical (unpaired) electrons. The number of fused-ring (bicyclic) bond motifs is 2. The second-order valence-corrected chi connectivity index (χ2v) is 9.07. The molecule has 0 saturated carbocycles. The Morgan fingerprint density at radius 3 is 1.27 bits per heavy atom. The normalized spacial score (nSPS) is 10.4. The Bertz CT molecular complexity index is 1360. The zero-order valence-corrected chi connectivity index (χ0v) is 19.2. The fourth-order valence-electron chi connectivity index (χ4n) is 3.28. The van der Waals surface area contributed by atoms with E-state index >= 15 is 0 Å². The largest absolute Gasteiger partial charge is 2.00 e. The SMILES string of the molecule is Oc1ccccc1-c1nc2ccccc2s1.Oc1ccccc1-c1nc2ccccc2s1.[Be+2].[H-].[H-]. The molecule has 0 saturated heterocycles. The topological polar surface area (TPSA) is 66.2 Å². The van der Waals surface area contributed by atoms with Crippen LogP contribution in [0.3, 0.4) is 0 Å². The van der Waals surface area contributed by atoms with E-state index in [9.17, 15) is 10.2 Å². The number of benzene rings is 4. The quantitative estimate of drug-likeness (QED) is 0.266. The fraction of sp³-hybridized carbons (Fsp3) is 0. The van der Waals surface area contributed by atoms with Gasteiger partial charge in [-0.1, -0.05) is 48.5 Å². The summed E-state index contributed by atoms with van der Waals surface area (Å²) in [5.41, 5.74) is 3.55. The van der Waals surface area contributed by atoms with Crippen molar-refractivity contribution in [2.45, 2.75) is 0 Å². The van der Waals surface area contributed by atoms with Crippen LogP contribution in [-0.4, -0.2) is 30.3 Å². The van der Waals surface area contributed by atoms with Crippen LogP contribution in [0, 0.1) is 0 Å². The summed E-state index contributed by atoms with van der Waals surface area (Å²) in [5, 5.41) is 21.2. The summed E-state index contributed by atoms with van der Waals surface area (Å²) in [5.74, 6) is 0.558. The summed E-state index contributed by atoms with van der Waals surface area (Å²) in [6.45, 7) is 0. The van der Waals surface area contributed by atoms with E-state index in [1.54, 1.807) is 34.8 Å². The molecule has 0 fully saturated rings. The van der Waals surface area contributed by atoms with E-state index in [-0.39, 0.29) is 24.5 Å². The molecule has 0 amide bonds. The van der Waals surface area contributed by atoms with E-state index in [1.165, 1.54) is 0 Å². The molecule has 2 aromatic heterocycles. The third-order valence-electron chi connectivity index (χ3n) is 4.86. The molecule has 4 nitrogen and oxygen atoms in total. The van der Waals surface area contributed by atoms with Crippen molar-refractivity contribution in [3.63, 3.8) is 0 Å². The number of hydrogen-bond donors (Lipinski definition) is 2. The van der Waals surface area contributed by atoms with Crippen LogP contribution in [0.2, 0.25) is 0 Å². The third kappa shape index (κ3) is 4.78. The zero-order chi connectivity index (χ0) is 21.9. The van der Waals surface area contributed by atoms with Crippen LogP contribution >= 0.6 is 22.7 Å². The predicted octanol–water partition coefficient (Wildman–Crippen LogP) is 7.18. The van der Waals surface area contributed by atoms with E-state index in [2.05, 4.69) is 9.97 Å². The van der Waals surface area contributed by atoms with Gasteiger partial charge in [-0.25, -0.2) is 9.97 Å². The van der Waals surface area contributed by atoms with Gasteiger partial charge in [-0.15, -0.1) is 22.7 Å². The van der Waals surface area contributed by atoms with Crippen LogP contribution in [0.25, 0.3) is 41.6 Å². The molecule has 160 valence electrons. The van der Waals surface area contributed by atoms with Crippen LogP contribution in [0.1, 0.15) is 2.85 Å². The van der Waals surface area contributed by atoms with Gasteiger partial charge in [0, 0.05) is 0 Å². The van der Waals surface area contributed by atoms with E-state index < -0.39 is 0 Å². The van der Waals surface area contributed by atoms with Gasteiger partial charge in [-0.2, -0.15) is 0 Å². The molecule has 0 bridgehead atoms. The molecule has 2 N–H and O–H groups in total. The minimum Gasteiger partial charge on any atom is -1.00 e. The first kappa shape index (κ1) is 22.6. The van der Waals surface area contributed by atoms with Crippen LogP contribution < -0.4 is 0 Å². The molecule has 0 spiro atoms. The number of thiazole rings is 2. The average molecular weight is 466 g/mol. The molecule has 0 unspecified atom stereocenters. The maximum Gasteiger partial charge on any atom is 2.00 e. The van der Waals surface area contributed by atoms with Gasteiger partial charge in [0.2, 0.25) is 0 Å². The van der Waals surface area contributed by atoms with Crippen molar-refractivity contribution in [1.29, 1.82) is 0 Å². The van der Waals surface area contributed by atoms with Crippen molar-refractivity contribution >= 4 is 53.2 Å². The first-order valence-electron chi connectivity index (χ1n) is 9.97. The van der Waals surface area contributed by atoms with Gasteiger partial charge in [0.15, 0.2) is 0 Å². The maximum atomic E-state index is 9.76. The Kier molecular flexibility index (Phi) is 6.80. The van der Waals surface area contributed by atoms with Gasteiger partial charge in [-0.05, 0) is 48.5 Å². The van der Waals surface area contributed by atoms with Gasteiger partial charge < -0.3 is 13.1 Å². The number of aromatic nitrogens is 2. The van der Waals surface area contributed by atoms with Crippen molar-refractivity contribution in [3.8, 4) is 32.6 Å². The Hall–Kier alpha value is -3.57. The van der Waals surface area contributed by atoms with Crippen molar-refractivity contribution in [2.75, 3.05) is 0 Å². The standard InChI is InChI=1S/2C13H9NOS.Be.2H/c2*15-11-7-3-1-5-9(11)13-14-10-6-2-4-8-12(10)16-13;;;/h2*1-8,15H;;;/q;;+2;2*-1. The summed E-state index contributed by atoms with van der Waals surface area (Å²) < 4.78 is 2.28. The summed E-state index contributed by atoms with van der Waals surface area (Å²) in [7, 11) is 0. The zero-order valence-electron chi connectivity index (χ0n) is 19.6. The van der Waals surface area contributed by atoms with Crippen molar-refractivity contribution in [2.24, 2.45) is 0 Å². The molecule has 0 aliphatic carbocycles. The Balaban J connectivity index is 0.000000227. The monoisotopic (exact) mass is 465 g/mol. The number of phenolic OH excluding ortho intramolecular Hbond substituents is 2. The average Bonchev–Trinajstić information content (AvgIpc) is 3.44. The minimum absolute atomic E-state index is 0. The molecule has 7 heteroatoms. The first-order valence-corrected chi connectivity index (χ1v) is 11.6. The molecule has 0 aliphatic heterocycles. The van der Waals surface area contributed by atoms with Crippen LogP contribution in [0.4, 0.5) is 0 Å². The summed E-state index contributed by atoms with van der Waals surface area (Å²) >= 11 is 3.19. The molecular formula is C26H20BeN2O2S2. The van der Waals surface area contributed by atoms with Gasteiger partial charge in [-0.3, -0.25) is 0 Å². The summed E-state index contributed by atoms with van der Waals surface area (Å²) in [4.78, 5) is 9.00. The molecule has 6 rings (SSSR count). The number of nitrogens with zero attached hydrogens (tertiary/aromatic N) is 2. The van der Waals surface area contributed by atoms with Gasteiger partial charge in [0.05, 0.1) is 31.6 Å². The van der Waals surface area contributed by atoms with Crippen LogP contribution in [0.15, 0.2) is 97.1 Å². The smallest absolute Gasteiger partial charge is 1.00 e. The fourth-order valence-corrected chi connectivity index (χ4v) is 5.28. The molecule has 0 atom stereocenters. The maximum absolute atomic E-state index is 9.76. The first-order chi connectivity index (χ1) is 15.7. The number of hydrogen-bond acceptors (Lipinski definition) is 6. The molecule has 2 heterocycles. The summed E-state index contributed by atoms with van der Waals surface area (Å²) in [6, 6.07) is 30.5. The number of phenols is 2. The van der Waals surface area contributed by atoms with Gasteiger partial charge in [0.1, 0.15) is 21.5 Å². The molecule has 4 aromatic carbocycles. The second-order valence-electron chi connectivity index (χ2n) is 7.01. The predicted molar refractivity (Wildman–Crippen MR) is 141 cm³/mol. The number of aromatic hydroxyl groups is 2. The number of para-hydroxylation sites is 4. The Morgan fingerprint density at radius 2 is 0.879 bits per heavy atom. The Morgan fingerprint density at radius 1 is 0.515 bits per heavy atom. The van der Waals surface area contributed by atoms with Gasteiger partial charge >= 0.3 is 10.1 Å². The molecule has 6 aromatic rings. The minimum atomic E-state index is 0. The van der Waals surface area contributed by atoms with E-state index in [4.69, 9.17) is 0 Å². The van der Waals surface area contributed by atoms with Crippen LogP contribution in [-0.2, 0) is 0 Å². The molecular weight excluding hydrogens is 445 g/mol. The third-order valence-corrected chi connectivity index (χ3v) is 7.00. The van der Waals surface area contributed by atoms with Crippen LogP contribution in [0.5, 0.6) is 11.5 Å². The Labute approximate surface area is 205 Å². The van der Waals surface area contributed by atoms with Crippen molar-refractivity contribution in [3.05, 3.63) is 97.1 Å². The van der Waals surface area contributed by atoms with E-state index in [0.29, 0.717) is 0 Å². The van der Waals surface area contributed by atoms with E-state index in [0.717, 1.165) is 41.6 Å². The second kappa shape index (κ2) is 9.92. The molecule has 33 heavy (non-hydrogen) atoms. The summed E-state index contributed by atoms with van der Waals surface area (Å²) in [6.07, 6.45) is 0. The van der Waals surface area contributed by atoms with E-state index in [1.807, 2.05) is 84.9 Å².